The molecule has 0 aromatic heterocycles. The fraction of sp³-hybridized carbons (Fsp3) is 0.929. The van der Waals surface area contributed by atoms with Gasteiger partial charge in [-0.2, -0.15) is 0 Å². The summed E-state index contributed by atoms with van der Waals surface area (Å²) >= 11 is 0. The summed E-state index contributed by atoms with van der Waals surface area (Å²) in [5, 5.41) is 0. The number of rotatable bonds is 21. The molecule has 0 rings (SSSR count). The Kier molecular flexibility index (Phi) is 21.2. The van der Waals surface area contributed by atoms with Crippen LogP contribution in [0.1, 0.15) is 150 Å². The highest BCUT2D eigenvalue weighted by atomic mass is 14.1. The smallest absolute Gasteiger partial charge is 0.0351 e. The molecule has 0 amide bonds. The van der Waals surface area contributed by atoms with Crippen molar-refractivity contribution >= 4 is 0 Å². The molecule has 0 N–H and O–H groups in total. The first-order chi connectivity index (χ1) is 13.6. The van der Waals surface area contributed by atoms with Crippen LogP contribution in [0, 0.1) is 17.8 Å². The summed E-state index contributed by atoms with van der Waals surface area (Å²) in [6, 6.07) is 0. The van der Waals surface area contributed by atoms with Crippen molar-refractivity contribution in [3.8, 4) is 0 Å². The van der Waals surface area contributed by atoms with Crippen LogP contribution in [0.15, 0.2) is 12.2 Å². The predicted octanol–water partition coefficient (Wildman–Crippen LogP) is 10.5. The van der Waals surface area contributed by atoms with Crippen molar-refractivity contribution in [1.82, 2.24) is 0 Å². The van der Waals surface area contributed by atoms with Crippen molar-refractivity contribution in [2.24, 2.45) is 17.8 Å². The number of allylic oxidation sites excluding steroid dienone is 2. The minimum atomic E-state index is 0.944. The molecule has 0 aromatic rings. The lowest BCUT2D eigenvalue weighted by Gasteiger charge is -2.15. The number of unbranched alkanes of at least 4 members (excludes halogenated alkanes) is 8. The van der Waals surface area contributed by atoms with Crippen LogP contribution in [0.5, 0.6) is 0 Å². The maximum atomic E-state index is 2.49. The monoisotopic (exact) mass is 392 g/mol. The second-order valence-electron chi connectivity index (χ2n) is 9.94. The van der Waals surface area contributed by atoms with E-state index < -0.39 is 0 Å². The third-order valence-corrected chi connectivity index (χ3v) is 6.62. The van der Waals surface area contributed by atoms with Crippen LogP contribution in [0.4, 0.5) is 0 Å². The molecule has 0 aliphatic carbocycles. The third kappa shape index (κ3) is 20.5. The van der Waals surface area contributed by atoms with Crippen molar-refractivity contribution in [1.29, 1.82) is 0 Å². The van der Waals surface area contributed by atoms with Gasteiger partial charge in [-0.15, -0.1) is 0 Å². The molecule has 0 bridgehead atoms. The lowest BCUT2D eigenvalue weighted by atomic mass is 9.91. The molecule has 0 aliphatic rings. The van der Waals surface area contributed by atoms with E-state index in [4.69, 9.17) is 0 Å². The minimum absolute atomic E-state index is 0.944. The van der Waals surface area contributed by atoms with Crippen molar-refractivity contribution < 1.29 is 0 Å². The SMILES string of the molecule is C/C=C/CCCCCCCCCCC(C)CCCC(C)CCCC(C)CCC. The second kappa shape index (κ2) is 21.4. The lowest BCUT2D eigenvalue weighted by Crippen LogP contribution is -2.01. The first-order valence-electron chi connectivity index (χ1n) is 13.2. The Hall–Kier alpha value is -0.260. The first kappa shape index (κ1) is 27.7. The number of hydrogen-bond acceptors (Lipinski definition) is 0. The molecule has 3 atom stereocenters. The Morgan fingerprint density at radius 1 is 0.500 bits per heavy atom. The van der Waals surface area contributed by atoms with Gasteiger partial charge in [-0.3, -0.25) is 0 Å². The average molecular weight is 393 g/mol. The zero-order valence-corrected chi connectivity index (χ0v) is 20.6. The first-order valence-corrected chi connectivity index (χ1v) is 13.2. The van der Waals surface area contributed by atoms with E-state index in [1.807, 2.05) is 0 Å². The van der Waals surface area contributed by atoms with E-state index in [0.29, 0.717) is 0 Å². The summed E-state index contributed by atoms with van der Waals surface area (Å²) in [6.07, 6.45) is 30.3. The Balaban J connectivity index is 3.35. The molecule has 0 heterocycles. The standard InChI is InChI=1S/C28H56/c1-6-8-9-10-11-12-13-14-15-16-17-21-27(4)23-19-25-28(5)24-18-22-26(3)20-7-2/h6,8,26-28H,7,9-25H2,1-5H3/b8-6+. The Morgan fingerprint density at radius 2 is 0.893 bits per heavy atom. The Morgan fingerprint density at radius 3 is 1.36 bits per heavy atom. The van der Waals surface area contributed by atoms with E-state index in [1.165, 1.54) is 116 Å². The highest BCUT2D eigenvalue weighted by molar-refractivity contribution is 4.76. The molecule has 28 heavy (non-hydrogen) atoms. The Labute approximate surface area is 180 Å². The highest BCUT2D eigenvalue weighted by Crippen LogP contribution is 2.22. The quantitative estimate of drug-likeness (QED) is 0.134. The van der Waals surface area contributed by atoms with Crippen LogP contribution < -0.4 is 0 Å². The van der Waals surface area contributed by atoms with Crippen molar-refractivity contribution in [3.05, 3.63) is 12.2 Å². The van der Waals surface area contributed by atoms with Crippen LogP contribution >= 0.6 is 0 Å². The van der Waals surface area contributed by atoms with Gasteiger partial charge in [0.2, 0.25) is 0 Å². The molecular formula is C28H56. The molecule has 0 spiro atoms. The third-order valence-electron chi connectivity index (χ3n) is 6.62. The molecule has 0 saturated carbocycles. The van der Waals surface area contributed by atoms with E-state index in [9.17, 15) is 0 Å². The molecule has 0 radical (unpaired) electrons. The molecule has 3 unspecified atom stereocenters. The van der Waals surface area contributed by atoms with Gasteiger partial charge in [0.05, 0.1) is 0 Å². The molecule has 0 nitrogen and oxygen atoms in total. The summed E-state index contributed by atoms with van der Waals surface area (Å²) in [5.74, 6) is 2.84. The van der Waals surface area contributed by atoms with Gasteiger partial charge in [0.15, 0.2) is 0 Å². The summed E-state index contributed by atoms with van der Waals surface area (Å²) in [5.41, 5.74) is 0. The summed E-state index contributed by atoms with van der Waals surface area (Å²) in [7, 11) is 0. The minimum Gasteiger partial charge on any atom is -0.0917 e. The fourth-order valence-corrected chi connectivity index (χ4v) is 4.54. The molecule has 0 heteroatoms. The maximum absolute atomic E-state index is 2.49. The van der Waals surface area contributed by atoms with E-state index in [0.717, 1.165) is 17.8 Å². The topological polar surface area (TPSA) is 0 Å². The molecule has 0 fully saturated rings. The van der Waals surface area contributed by atoms with E-state index >= 15 is 0 Å². The number of hydrogen-bond donors (Lipinski definition) is 0. The van der Waals surface area contributed by atoms with Crippen LogP contribution in [0.3, 0.4) is 0 Å². The van der Waals surface area contributed by atoms with Gasteiger partial charge in [0.1, 0.15) is 0 Å². The fourth-order valence-electron chi connectivity index (χ4n) is 4.54. The lowest BCUT2D eigenvalue weighted by molar-refractivity contribution is 0.377. The van der Waals surface area contributed by atoms with Gasteiger partial charge in [-0.25, -0.2) is 0 Å². The molecule has 0 aromatic carbocycles. The van der Waals surface area contributed by atoms with E-state index in [1.54, 1.807) is 0 Å². The molecular weight excluding hydrogens is 336 g/mol. The Bertz CT molecular complexity index is 316. The van der Waals surface area contributed by atoms with Gasteiger partial charge >= 0.3 is 0 Å². The van der Waals surface area contributed by atoms with Gasteiger partial charge in [0, 0.05) is 0 Å². The maximum Gasteiger partial charge on any atom is -0.0351 e. The van der Waals surface area contributed by atoms with Crippen LogP contribution in [-0.4, -0.2) is 0 Å². The largest absolute Gasteiger partial charge is 0.0917 e. The normalized spacial score (nSPS) is 15.2. The molecule has 0 saturated heterocycles. The van der Waals surface area contributed by atoms with Crippen LogP contribution in [0.25, 0.3) is 0 Å². The summed E-state index contributed by atoms with van der Waals surface area (Å²) in [6.45, 7) is 11.8. The van der Waals surface area contributed by atoms with Gasteiger partial charge < -0.3 is 0 Å². The van der Waals surface area contributed by atoms with Crippen LogP contribution in [-0.2, 0) is 0 Å². The van der Waals surface area contributed by atoms with Crippen molar-refractivity contribution in [3.63, 3.8) is 0 Å². The summed E-state index contributed by atoms with van der Waals surface area (Å²) in [4.78, 5) is 0. The highest BCUT2D eigenvalue weighted by Gasteiger charge is 2.07. The second-order valence-corrected chi connectivity index (χ2v) is 9.94. The van der Waals surface area contributed by atoms with Gasteiger partial charge in [-0.1, -0.05) is 143 Å². The summed E-state index contributed by atoms with van der Waals surface area (Å²) < 4.78 is 0. The molecule has 0 aliphatic heterocycles. The average Bonchev–Trinajstić information content (AvgIpc) is 2.66. The zero-order chi connectivity index (χ0) is 20.9. The van der Waals surface area contributed by atoms with Crippen molar-refractivity contribution in [2.45, 2.75) is 150 Å². The molecule has 168 valence electrons. The van der Waals surface area contributed by atoms with Gasteiger partial charge in [-0.05, 0) is 37.5 Å². The predicted molar refractivity (Wildman–Crippen MR) is 131 cm³/mol. The van der Waals surface area contributed by atoms with Gasteiger partial charge in [0.25, 0.3) is 0 Å². The van der Waals surface area contributed by atoms with Crippen LogP contribution in [0.2, 0.25) is 0 Å². The van der Waals surface area contributed by atoms with E-state index in [-0.39, 0.29) is 0 Å². The zero-order valence-electron chi connectivity index (χ0n) is 20.6. The van der Waals surface area contributed by atoms with E-state index in [2.05, 4.69) is 46.8 Å². The van der Waals surface area contributed by atoms with Crippen molar-refractivity contribution in [2.75, 3.05) is 0 Å².